The Balaban J connectivity index is 2.03. The first-order chi connectivity index (χ1) is 11.0. The third-order valence-electron chi connectivity index (χ3n) is 4.15. The number of ether oxygens (including phenoxy) is 2. The first-order valence-electron chi connectivity index (χ1n) is 7.24. The van der Waals surface area contributed by atoms with Crippen LogP contribution in [0.5, 0.6) is 11.5 Å². The Hall–Kier alpha value is -2.08. The van der Waals surface area contributed by atoms with Crippen molar-refractivity contribution in [1.29, 1.82) is 0 Å². The smallest absolute Gasteiger partial charge is 0.224 e. The minimum Gasteiger partial charge on any atom is -0.493 e. The van der Waals surface area contributed by atoms with Crippen molar-refractivity contribution in [3.8, 4) is 11.5 Å². The van der Waals surface area contributed by atoms with Gasteiger partial charge in [0.15, 0.2) is 23.1 Å². The molecule has 0 saturated heterocycles. The Labute approximate surface area is 139 Å². The van der Waals surface area contributed by atoms with Crippen molar-refractivity contribution in [3.63, 3.8) is 0 Å². The molecule has 1 aliphatic rings. The van der Waals surface area contributed by atoms with Crippen LogP contribution in [0.15, 0.2) is 18.3 Å². The maximum atomic E-state index is 14.1. The fraction of sp³-hybridized carbons (Fsp3) is 0.375. The first kappa shape index (κ1) is 15.8. The van der Waals surface area contributed by atoms with Gasteiger partial charge in [0, 0.05) is 6.54 Å². The van der Waals surface area contributed by atoms with Crippen LogP contribution in [0.4, 0.5) is 10.2 Å². The van der Waals surface area contributed by atoms with Gasteiger partial charge in [-0.05, 0) is 48.2 Å². The third-order valence-corrected chi connectivity index (χ3v) is 4.34. The number of benzene rings is 1. The van der Waals surface area contributed by atoms with E-state index in [0.29, 0.717) is 18.0 Å². The minimum atomic E-state index is -0.481. The van der Waals surface area contributed by atoms with Crippen LogP contribution in [0.3, 0.4) is 0 Å². The molecule has 1 aromatic heterocycles. The monoisotopic (exact) mass is 337 g/mol. The van der Waals surface area contributed by atoms with Gasteiger partial charge in [0.25, 0.3) is 0 Å². The quantitative estimate of drug-likeness (QED) is 0.803. The lowest BCUT2D eigenvalue weighted by Gasteiger charge is -2.36. The average molecular weight is 338 g/mol. The van der Waals surface area contributed by atoms with Gasteiger partial charge in [-0.3, -0.25) is 0 Å². The number of hydrogen-bond acceptors (Lipinski definition) is 5. The molecule has 23 heavy (non-hydrogen) atoms. The Morgan fingerprint density at radius 3 is 2.65 bits per heavy atom. The van der Waals surface area contributed by atoms with Crippen molar-refractivity contribution in [2.24, 2.45) is 0 Å². The van der Waals surface area contributed by atoms with Gasteiger partial charge in [0.1, 0.15) is 0 Å². The highest BCUT2D eigenvalue weighted by atomic mass is 35.5. The van der Waals surface area contributed by atoms with Gasteiger partial charge in [-0.25, -0.2) is 9.37 Å². The molecular weight excluding hydrogens is 321 g/mol. The standard InChI is InChI=1S/C16H17ClFN3O2/c1-9-11-7-14(23-3)13(22-2)6-10(11)4-5-21(9)15-12(18)8-19-16(17)20-15/h6-9H,4-5H2,1-3H3. The molecule has 0 spiro atoms. The number of methoxy groups -OCH3 is 2. The Kier molecular flexibility index (Phi) is 4.26. The largest absolute Gasteiger partial charge is 0.493 e. The van der Waals surface area contributed by atoms with E-state index in [0.717, 1.165) is 23.7 Å². The number of halogens is 2. The summed E-state index contributed by atoms with van der Waals surface area (Å²) in [4.78, 5) is 9.60. The molecule has 2 aromatic rings. The Morgan fingerprint density at radius 2 is 1.96 bits per heavy atom. The second-order valence-corrected chi connectivity index (χ2v) is 5.67. The molecule has 0 amide bonds. The van der Waals surface area contributed by atoms with Crippen LogP contribution in [0.1, 0.15) is 24.1 Å². The summed E-state index contributed by atoms with van der Waals surface area (Å²) < 4.78 is 24.8. The number of nitrogens with zero attached hydrogens (tertiary/aromatic N) is 3. The lowest BCUT2D eigenvalue weighted by molar-refractivity contribution is 0.353. The molecule has 2 heterocycles. The fourth-order valence-corrected chi connectivity index (χ4v) is 3.10. The number of rotatable bonds is 3. The molecule has 122 valence electrons. The molecule has 1 atom stereocenters. The maximum Gasteiger partial charge on any atom is 0.224 e. The molecule has 1 unspecified atom stereocenters. The molecule has 1 aromatic carbocycles. The second-order valence-electron chi connectivity index (χ2n) is 5.34. The molecule has 0 aliphatic carbocycles. The van der Waals surface area contributed by atoms with Crippen LogP contribution in [0.25, 0.3) is 0 Å². The lowest BCUT2D eigenvalue weighted by atomic mass is 9.93. The van der Waals surface area contributed by atoms with E-state index in [1.54, 1.807) is 14.2 Å². The maximum absolute atomic E-state index is 14.1. The molecular formula is C16H17ClFN3O2. The van der Waals surface area contributed by atoms with Crippen molar-refractivity contribution >= 4 is 17.4 Å². The van der Waals surface area contributed by atoms with Crippen LogP contribution >= 0.6 is 11.6 Å². The van der Waals surface area contributed by atoms with E-state index in [1.807, 2.05) is 24.0 Å². The van der Waals surface area contributed by atoms with Gasteiger partial charge in [-0.2, -0.15) is 4.98 Å². The van der Waals surface area contributed by atoms with E-state index in [1.165, 1.54) is 0 Å². The van der Waals surface area contributed by atoms with Crippen molar-refractivity contribution in [2.45, 2.75) is 19.4 Å². The number of aromatic nitrogens is 2. The van der Waals surface area contributed by atoms with E-state index in [9.17, 15) is 4.39 Å². The zero-order valence-electron chi connectivity index (χ0n) is 13.1. The molecule has 0 bridgehead atoms. The minimum absolute atomic E-state index is 0.0340. The topological polar surface area (TPSA) is 47.5 Å². The summed E-state index contributed by atoms with van der Waals surface area (Å²) in [5, 5.41) is 0.0340. The second kappa shape index (κ2) is 6.20. The van der Waals surface area contributed by atoms with Gasteiger partial charge >= 0.3 is 0 Å². The van der Waals surface area contributed by atoms with Gasteiger partial charge < -0.3 is 14.4 Å². The summed E-state index contributed by atoms with van der Waals surface area (Å²) >= 11 is 5.82. The lowest BCUT2D eigenvalue weighted by Crippen LogP contribution is -2.35. The van der Waals surface area contributed by atoms with Crippen LogP contribution < -0.4 is 14.4 Å². The SMILES string of the molecule is COc1cc2c(cc1OC)C(C)N(c1nc(Cl)ncc1F)CC2. The molecule has 0 N–H and O–H groups in total. The van der Waals surface area contributed by atoms with Crippen LogP contribution in [-0.2, 0) is 6.42 Å². The highest BCUT2D eigenvalue weighted by molar-refractivity contribution is 6.28. The highest BCUT2D eigenvalue weighted by Crippen LogP contribution is 2.39. The fourth-order valence-electron chi connectivity index (χ4n) is 2.97. The zero-order valence-corrected chi connectivity index (χ0v) is 13.9. The molecule has 0 radical (unpaired) electrons. The predicted molar refractivity (Wildman–Crippen MR) is 86.0 cm³/mol. The average Bonchev–Trinajstić information content (AvgIpc) is 2.56. The number of hydrogen-bond donors (Lipinski definition) is 0. The Morgan fingerprint density at radius 1 is 1.26 bits per heavy atom. The summed E-state index contributed by atoms with van der Waals surface area (Å²) in [6, 6.07) is 3.84. The van der Waals surface area contributed by atoms with Gasteiger partial charge in [0.05, 0.1) is 26.5 Å². The number of anilines is 1. The van der Waals surface area contributed by atoms with Gasteiger partial charge in [-0.15, -0.1) is 0 Å². The van der Waals surface area contributed by atoms with E-state index in [-0.39, 0.29) is 17.1 Å². The van der Waals surface area contributed by atoms with E-state index in [2.05, 4.69) is 9.97 Å². The van der Waals surface area contributed by atoms with Crippen molar-refractivity contribution in [1.82, 2.24) is 9.97 Å². The van der Waals surface area contributed by atoms with Crippen LogP contribution in [0.2, 0.25) is 5.28 Å². The molecule has 5 nitrogen and oxygen atoms in total. The summed E-state index contributed by atoms with van der Waals surface area (Å²) in [5.74, 6) is 1.09. The van der Waals surface area contributed by atoms with E-state index < -0.39 is 5.82 Å². The van der Waals surface area contributed by atoms with Crippen LogP contribution in [0, 0.1) is 5.82 Å². The third kappa shape index (κ3) is 2.79. The predicted octanol–water partition coefficient (Wildman–Crippen LogP) is 3.41. The first-order valence-corrected chi connectivity index (χ1v) is 7.62. The molecule has 3 rings (SSSR count). The van der Waals surface area contributed by atoms with Crippen molar-refractivity contribution in [3.05, 3.63) is 40.6 Å². The highest BCUT2D eigenvalue weighted by Gasteiger charge is 2.28. The molecule has 1 aliphatic heterocycles. The summed E-state index contributed by atoms with van der Waals surface area (Å²) in [6.45, 7) is 2.63. The van der Waals surface area contributed by atoms with Gasteiger partial charge in [-0.1, -0.05) is 0 Å². The molecule has 0 saturated carbocycles. The zero-order chi connectivity index (χ0) is 16.6. The van der Waals surface area contributed by atoms with E-state index in [4.69, 9.17) is 21.1 Å². The van der Waals surface area contributed by atoms with Crippen molar-refractivity contribution in [2.75, 3.05) is 25.7 Å². The summed E-state index contributed by atoms with van der Waals surface area (Å²) in [5.41, 5.74) is 2.22. The summed E-state index contributed by atoms with van der Waals surface area (Å²) in [6.07, 6.45) is 1.85. The normalized spacial score (nSPS) is 16.9. The molecule has 7 heteroatoms. The van der Waals surface area contributed by atoms with Crippen molar-refractivity contribution < 1.29 is 13.9 Å². The summed E-state index contributed by atoms with van der Waals surface area (Å²) in [7, 11) is 3.21. The van der Waals surface area contributed by atoms with Crippen LogP contribution in [-0.4, -0.2) is 30.7 Å². The van der Waals surface area contributed by atoms with Gasteiger partial charge in [0.2, 0.25) is 5.28 Å². The number of fused-ring (bicyclic) bond motifs is 1. The Bertz CT molecular complexity index is 742. The van der Waals surface area contributed by atoms with E-state index >= 15 is 0 Å². The molecule has 0 fully saturated rings.